The maximum absolute atomic E-state index is 12.6. The van der Waals surface area contributed by atoms with Crippen molar-refractivity contribution in [1.82, 2.24) is 10.3 Å². The first kappa shape index (κ1) is 21.5. The van der Waals surface area contributed by atoms with Crippen molar-refractivity contribution in [1.29, 1.82) is 0 Å². The number of nitrogens with zero attached hydrogens (tertiary/aromatic N) is 1. The number of benzene rings is 3. The third-order valence-corrected chi connectivity index (χ3v) is 5.40. The molecule has 1 aromatic heterocycles. The van der Waals surface area contributed by atoms with Gasteiger partial charge in [-0.15, -0.1) is 0 Å². The summed E-state index contributed by atoms with van der Waals surface area (Å²) in [7, 11) is 0. The molecule has 3 aromatic carbocycles. The van der Waals surface area contributed by atoms with Gasteiger partial charge >= 0.3 is 0 Å². The second kappa shape index (κ2) is 8.80. The van der Waals surface area contributed by atoms with Crippen LogP contribution < -0.4 is 10.6 Å². The summed E-state index contributed by atoms with van der Waals surface area (Å²) < 4.78 is 5.84. The standard InChI is InChI=1S/C25H23N3O3S/c1-4-16-6-10-22-20(12-16)27-24(31-22)19-13-17(7-9-21(19)29)26-25(32)28-23(30)18-8-5-14(2)11-15(18)3/h5-13,29H,4H2,1-3H3,(H2,26,28,30,32). The number of thiocarbonyl (C=S) groups is 1. The fourth-order valence-electron chi connectivity index (χ4n) is 3.49. The van der Waals surface area contributed by atoms with Crippen LogP contribution >= 0.6 is 12.2 Å². The molecule has 0 unspecified atom stereocenters. The number of carbonyl (C=O) groups excluding carboxylic acids is 1. The number of nitrogens with one attached hydrogen (secondary N) is 2. The van der Waals surface area contributed by atoms with Crippen LogP contribution in [-0.2, 0) is 6.42 Å². The smallest absolute Gasteiger partial charge is 0.257 e. The number of hydrogen-bond acceptors (Lipinski definition) is 5. The minimum Gasteiger partial charge on any atom is -0.507 e. The van der Waals surface area contributed by atoms with Gasteiger partial charge in [-0.3, -0.25) is 10.1 Å². The van der Waals surface area contributed by atoms with Gasteiger partial charge in [-0.25, -0.2) is 4.98 Å². The van der Waals surface area contributed by atoms with Crippen LogP contribution in [0.3, 0.4) is 0 Å². The van der Waals surface area contributed by atoms with Crippen molar-refractivity contribution >= 4 is 40.0 Å². The molecule has 32 heavy (non-hydrogen) atoms. The summed E-state index contributed by atoms with van der Waals surface area (Å²) in [5.41, 5.74) is 6.06. The van der Waals surface area contributed by atoms with Crippen molar-refractivity contribution in [2.45, 2.75) is 27.2 Å². The first-order chi connectivity index (χ1) is 15.3. The van der Waals surface area contributed by atoms with Gasteiger partial charge in [0.1, 0.15) is 11.3 Å². The molecular weight excluding hydrogens is 422 g/mol. The highest BCUT2D eigenvalue weighted by atomic mass is 32.1. The van der Waals surface area contributed by atoms with Crippen LogP contribution in [0.2, 0.25) is 0 Å². The van der Waals surface area contributed by atoms with Crippen LogP contribution in [0, 0.1) is 13.8 Å². The number of fused-ring (bicyclic) bond motifs is 1. The molecule has 0 aliphatic rings. The maximum atomic E-state index is 12.6. The van der Waals surface area contributed by atoms with Gasteiger partial charge in [-0.1, -0.05) is 30.7 Å². The Kier molecular flexibility index (Phi) is 5.92. The van der Waals surface area contributed by atoms with E-state index in [4.69, 9.17) is 16.6 Å². The Hall–Kier alpha value is -3.71. The van der Waals surface area contributed by atoms with E-state index in [0.717, 1.165) is 28.6 Å². The molecule has 6 nitrogen and oxygen atoms in total. The normalized spacial score (nSPS) is 10.8. The fraction of sp³-hybridized carbons (Fsp3) is 0.160. The second-order valence-corrected chi connectivity index (χ2v) is 8.04. The Balaban J connectivity index is 1.53. The molecule has 3 N–H and O–H groups in total. The zero-order chi connectivity index (χ0) is 22.8. The summed E-state index contributed by atoms with van der Waals surface area (Å²) in [6, 6.07) is 16.3. The molecule has 4 rings (SSSR count). The number of aromatic nitrogens is 1. The van der Waals surface area contributed by atoms with E-state index in [9.17, 15) is 9.90 Å². The van der Waals surface area contributed by atoms with E-state index in [1.165, 1.54) is 6.07 Å². The number of hydrogen-bond donors (Lipinski definition) is 3. The lowest BCUT2D eigenvalue weighted by atomic mass is 10.1. The lowest BCUT2D eigenvalue weighted by Crippen LogP contribution is -2.34. The number of aromatic hydroxyl groups is 1. The van der Waals surface area contributed by atoms with Crippen molar-refractivity contribution in [2.24, 2.45) is 0 Å². The number of amides is 1. The average molecular weight is 446 g/mol. The van der Waals surface area contributed by atoms with Crippen LogP contribution in [-0.4, -0.2) is 21.1 Å². The monoisotopic (exact) mass is 445 g/mol. The van der Waals surface area contributed by atoms with Gasteiger partial charge in [0.2, 0.25) is 5.89 Å². The van der Waals surface area contributed by atoms with E-state index >= 15 is 0 Å². The van der Waals surface area contributed by atoms with Crippen LogP contribution in [0.4, 0.5) is 5.69 Å². The number of carbonyl (C=O) groups is 1. The first-order valence-corrected chi connectivity index (χ1v) is 10.7. The van der Waals surface area contributed by atoms with E-state index in [1.54, 1.807) is 18.2 Å². The summed E-state index contributed by atoms with van der Waals surface area (Å²) in [4.78, 5) is 17.1. The minimum atomic E-state index is -0.287. The molecule has 1 amide bonds. The molecule has 1 heterocycles. The lowest BCUT2D eigenvalue weighted by molar-refractivity contribution is 0.0977. The molecule has 7 heteroatoms. The molecule has 0 bridgehead atoms. The Morgan fingerprint density at radius 1 is 1.09 bits per heavy atom. The molecule has 0 spiro atoms. The largest absolute Gasteiger partial charge is 0.507 e. The van der Waals surface area contributed by atoms with Crippen LogP contribution in [0.5, 0.6) is 5.75 Å². The van der Waals surface area contributed by atoms with Gasteiger partial charge in [0.15, 0.2) is 10.7 Å². The average Bonchev–Trinajstić information content (AvgIpc) is 3.17. The molecule has 4 aromatic rings. The zero-order valence-corrected chi connectivity index (χ0v) is 18.8. The topological polar surface area (TPSA) is 87.4 Å². The van der Waals surface area contributed by atoms with E-state index < -0.39 is 0 Å². The lowest BCUT2D eigenvalue weighted by Gasteiger charge is -2.12. The van der Waals surface area contributed by atoms with Gasteiger partial charge in [0.05, 0.1) is 5.56 Å². The molecule has 0 aliphatic heterocycles. The van der Waals surface area contributed by atoms with E-state index in [2.05, 4.69) is 22.5 Å². The molecule has 0 radical (unpaired) electrons. The Bertz CT molecular complexity index is 1340. The summed E-state index contributed by atoms with van der Waals surface area (Å²) >= 11 is 5.31. The van der Waals surface area contributed by atoms with E-state index in [0.29, 0.717) is 28.3 Å². The quantitative estimate of drug-likeness (QED) is 0.284. The van der Waals surface area contributed by atoms with Crippen molar-refractivity contribution < 1.29 is 14.3 Å². The second-order valence-electron chi connectivity index (χ2n) is 7.63. The number of phenolic OH excluding ortho intramolecular Hbond substituents is 1. The van der Waals surface area contributed by atoms with Crippen LogP contribution in [0.1, 0.15) is 34.0 Å². The summed E-state index contributed by atoms with van der Waals surface area (Å²) in [5.74, 6) is 0.0485. The highest BCUT2D eigenvalue weighted by molar-refractivity contribution is 7.80. The van der Waals surface area contributed by atoms with Crippen molar-refractivity contribution in [3.05, 3.63) is 76.9 Å². The fourth-order valence-corrected chi connectivity index (χ4v) is 3.70. The number of aryl methyl sites for hydroxylation is 3. The summed E-state index contributed by atoms with van der Waals surface area (Å²) in [6.45, 7) is 5.93. The minimum absolute atomic E-state index is 0.0306. The first-order valence-electron chi connectivity index (χ1n) is 10.3. The number of anilines is 1. The van der Waals surface area contributed by atoms with Crippen LogP contribution in [0.25, 0.3) is 22.6 Å². The van der Waals surface area contributed by atoms with Gasteiger partial charge in [0, 0.05) is 11.3 Å². The Morgan fingerprint density at radius 3 is 2.66 bits per heavy atom. The molecular formula is C25H23N3O3S. The third-order valence-electron chi connectivity index (χ3n) is 5.20. The predicted molar refractivity (Wildman–Crippen MR) is 130 cm³/mol. The van der Waals surface area contributed by atoms with E-state index in [-0.39, 0.29) is 16.8 Å². The molecule has 0 fully saturated rings. The van der Waals surface area contributed by atoms with E-state index in [1.807, 2.05) is 44.2 Å². The molecule has 162 valence electrons. The van der Waals surface area contributed by atoms with Gasteiger partial charge < -0.3 is 14.8 Å². The third kappa shape index (κ3) is 4.48. The van der Waals surface area contributed by atoms with Gasteiger partial charge in [-0.05, 0) is 80.0 Å². The maximum Gasteiger partial charge on any atom is 0.257 e. The zero-order valence-electron chi connectivity index (χ0n) is 18.0. The molecule has 0 saturated carbocycles. The number of oxazole rings is 1. The van der Waals surface area contributed by atoms with Gasteiger partial charge in [-0.2, -0.15) is 0 Å². The van der Waals surface area contributed by atoms with Crippen LogP contribution in [0.15, 0.2) is 59.0 Å². The number of phenols is 1. The molecule has 0 aliphatic carbocycles. The predicted octanol–water partition coefficient (Wildman–Crippen LogP) is 5.51. The summed E-state index contributed by atoms with van der Waals surface area (Å²) in [6.07, 6.45) is 0.897. The Morgan fingerprint density at radius 2 is 1.91 bits per heavy atom. The summed E-state index contributed by atoms with van der Waals surface area (Å²) in [5, 5.41) is 16.2. The SMILES string of the molecule is CCc1ccc2oc(-c3cc(NC(=S)NC(=O)c4ccc(C)cc4C)ccc3O)nc2c1. The van der Waals surface area contributed by atoms with Crippen molar-refractivity contribution in [2.75, 3.05) is 5.32 Å². The molecule has 0 atom stereocenters. The highest BCUT2D eigenvalue weighted by Gasteiger charge is 2.15. The van der Waals surface area contributed by atoms with Crippen molar-refractivity contribution in [3.8, 4) is 17.2 Å². The van der Waals surface area contributed by atoms with Gasteiger partial charge in [0.25, 0.3) is 5.91 Å². The Labute approximate surface area is 191 Å². The van der Waals surface area contributed by atoms with Crippen molar-refractivity contribution in [3.63, 3.8) is 0 Å². The molecule has 0 saturated heterocycles. The highest BCUT2D eigenvalue weighted by Crippen LogP contribution is 2.33. The number of rotatable bonds is 4.